The Bertz CT molecular complexity index is 640. The molecule has 0 spiro atoms. The predicted molar refractivity (Wildman–Crippen MR) is 94.7 cm³/mol. The Morgan fingerprint density at radius 1 is 1.04 bits per heavy atom. The van der Waals surface area contributed by atoms with Gasteiger partial charge in [0.25, 0.3) is 0 Å². The molecule has 128 valence electrons. The van der Waals surface area contributed by atoms with Crippen LogP contribution in [0.5, 0.6) is 11.5 Å². The second kappa shape index (κ2) is 8.13. The summed E-state index contributed by atoms with van der Waals surface area (Å²) in [7, 11) is 3.39. The summed E-state index contributed by atoms with van der Waals surface area (Å²) in [6, 6.07) is 10.4. The number of benzene rings is 1. The number of pyridine rings is 1. The highest BCUT2D eigenvalue weighted by molar-refractivity contribution is 5.46. The first-order valence-electron chi connectivity index (χ1n) is 8.40. The number of hydrogen-bond donors (Lipinski definition) is 1. The summed E-state index contributed by atoms with van der Waals surface area (Å²) in [5.74, 6) is 1.66. The summed E-state index contributed by atoms with van der Waals surface area (Å²) >= 11 is 0. The Balaban J connectivity index is 2.04. The molecular weight excluding hydrogens is 302 g/mol. The Labute approximate surface area is 143 Å². The minimum atomic E-state index is 0.147. The summed E-state index contributed by atoms with van der Waals surface area (Å²) < 4.78 is 11.0. The fraction of sp³-hybridized carbons (Fsp3) is 0.421. The highest BCUT2D eigenvalue weighted by Gasteiger charge is 2.26. The summed E-state index contributed by atoms with van der Waals surface area (Å²) in [5, 5.41) is 3.48. The van der Waals surface area contributed by atoms with Gasteiger partial charge < -0.3 is 14.8 Å². The van der Waals surface area contributed by atoms with Crippen LogP contribution in [0.2, 0.25) is 0 Å². The molecule has 24 heavy (non-hydrogen) atoms. The van der Waals surface area contributed by atoms with Crippen LogP contribution in [0.3, 0.4) is 0 Å². The van der Waals surface area contributed by atoms with E-state index in [1.807, 2.05) is 24.5 Å². The number of aromatic nitrogens is 1. The van der Waals surface area contributed by atoms with Crippen LogP contribution in [0.25, 0.3) is 0 Å². The van der Waals surface area contributed by atoms with Crippen LogP contribution < -0.4 is 14.8 Å². The molecule has 2 heterocycles. The third kappa shape index (κ3) is 3.68. The van der Waals surface area contributed by atoms with Gasteiger partial charge in [-0.3, -0.25) is 9.88 Å². The quantitative estimate of drug-likeness (QED) is 0.914. The van der Waals surface area contributed by atoms with Gasteiger partial charge in [0.2, 0.25) is 0 Å². The molecule has 0 aliphatic carbocycles. The van der Waals surface area contributed by atoms with E-state index in [4.69, 9.17) is 9.47 Å². The van der Waals surface area contributed by atoms with Crippen LogP contribution in [0.1, 0.15) is 23.6 Å². The molecule has 1 aromatic heterocycles. The van der Waals surface area contributed by atoms with E-state index in [9.17, 15) is 0 Å². The topological polar surface area (TPSA) is 46.6 Å². The van der Waals surface area contributed by atoms with Crippen LogP contribution >= 0.6 is 0 Å². The van der Waals surface area contributed by atoms with Gasteiger partial charge in [-0.15, -0.1) is 0 Å². The maximum absolute atomic E-state index is 5.67. The molecule has 1 N–H and O–H groups in total. The minimum absolute atomic E-state index is 0.147. The fourth-order valence-electron chi connectivity index (χ4n) is 3.30. The van der Waals surface area contributed by atoms with E-state index in [-0.39, 0.29) is 6.04 Å². The van der Waals surface area contributed by atoms with Crippen molar-refractivity contribution in [1.82, 2.24) is 15.2 Å². The lowest BCUT2D eigenvalue weighted by molar-refractivity contribution is 0.236. The van der Waals surface area contributed by atoms with Gasteiger partial charge in [-0.05, 0) is 42.8 Å². The van der Waals surface area contributed by atoms with Crippen molar-refractivity contribution in [3.05, 3.63) is 53.9 Å². The largest absolute Gasteiger partial charge is 0.497 e. The van der Waals surface area contributed by atoms with Crippen LogP contribution in [-0.2, 0) is 0 Å². The van der Waals surface area contributed by atoms with Gasteiger partial charge in [0, 0.05) is 43.7 Å². The van der Waals surface area contributed by atoms with E-state index in [2.05, 4.69) is 33.4 Å². The van der Waals surface area contributed by atoms with Crippen molar-refractivity contribution in [2.45, 2.75) is 12.5 Å². The number of rotatable bonds is 5. The van der Waals surface area contributed by atoms with E-state index in [0.29, 0.717) is 0 Å². The van der Waals surface area contributed by atoms with Gasteiger partial charge in [0.15, 0.2) is 0 Å². The van der Waals surface area contributed by atoms with Gasteiger partial charge in [-0.2, -0.15) is 0 Å². The van der Waals surface area contributed by atoms with E-state index in [1.165, 1.54) is 5.56 Å². The van der Waals surface area contributed by atoms with Crippen LogP contribution in [0, 0.1) is 0 Å². The normalized spacial score (nSPS) is 17.1. The first kappa shape index (κ1) is 16.7. The van der Waals surface area contributed by atoms with Crippen molar-refractivity contribution in [1.29, 1.82) is 0 Å². The second-order valence-electron chi connectivity index (χ2n) is 5.93. The summed E-state index contributed by atoms with van der Waals surface area (Å²) in [6.07, 6.45) is 4.85. The molecule has 5 nitrogen and oxygen atoms in total. The molecule has 0 radical (unpaired) electrons. The molecule has 1 atom stereocenters. The lowest BCUT2D eigenvalue weighted by Gasteiger charge is -2.32. The maximum Gasteiger partial charge on any atom is 0.127 e. The van der Waals surface area contributed by atoms with Crippen LogP contribution in [-0.4, -0.2) is 50.3 Å². The molecule has 1 aromatic carbocycles. The summed E-state index contributed by atoms with van der Waals surface area (Å²) in [6.45, 7) is 4.12. The van der Waals surface area contributed by atoms with Gasteiger partial charge in [0.1, 0.15) is 11.5 Å². The average Bonchev–Trinajstić information content (AvgIpc) is 2.92. The first-order valence-corrected chi connectivity index (χ1v) is 8.40. The van der Waals surface area contributed by atoms with Gasteiger partial charge in [-0.1, -0.05) is 0 Å². The summed E-state index contributed by atoms with van der Waals surface area (Å²) in [5.41, 5.74) is 2.39. The van der Waals surface area contributed by atoms with Gasteiger partial charge >= 0.3 is 0 Å². The second-order valence-corrected chi connectivity index (χ2v) is 5.93. The molecule has 1 aliphatic heterocycles. The number of hydrogen-bond acceptors (Lipinski definition) is 5. The third-order valence-corrected chi connectivity index (χ3v) is 4.50. The van der Waals surface area contributed by atoms with Crippen molar-refractivity contribution in [3.8, 4) is 11.5 Å². The molecule has 1 fully saturated rings. The zero-order chi connectivity index (χ0) is 16.8. The van der Waals surface area contributed by atoms with Crippen LogP contribution in [0.4, 0.5) is 0 Å². The maximum atomic E-state index is 5.67. The van der Waals surface area contributed by atoms with Crippen molar-refractivity contribution in [2.75, 3.05) is 40.4 Å². The Morgan fingerprint density at radius 3 is 2.62 bits per heavy atom. The fourth-order valence-corrected chi connectivity index (χ4v) is 3.30. The van der Waals surface area contributed by atoms with E-state index in [1.54, 1.807) is 14.2 Å². The third-order valence-electron chi connectivity index (χ3n) is 4.50. The first-order chi connectivity index (χ1) is 11.8. The number of ether oxygens (including phenoxy) is 2. The predicted octanol–water partition coefficient (Wildman–Crippen LogP) is 2.48. The van der Waals surface area contributed by atoms with E-state index >= 15 is 0 Å². The molecule has 2 aromatic rings. The van der Waals surface area contributed by atoms with Crippen molar-refractivity contribution >= 4 is 0 Å². The molecular formula is C19H25N3O2. The highest BCUT2D eigenvalue weighted by atomic mass is 16.5. The van der Waals surface area contributed by atoms with Crippen LogP contribution in [0.15, 0.2) is 42.7 Å². The lowest BCUT2D eigenvalue weighted by atomic mass is 9.96. The summed E-state index contributed by atoms with van der Waals surface area (Å²) in [4.78, 5) is 6.69. The smallest absolute Gasteiger partial charge is 0.127 e. The monoisotopic (exact) mass is 327 g/mol. The minimum Gasteiger partial charge on any atom is -0.497 e. The van der Waals surface area contributed by atoms with E-state index < -0.39 is 0 Å². The van der Waals surface area contributed by atoms with E-state index in [0.717, 1.165) is 49.7 Å². The number of nitrogens with zero attached hydrogens (tertiary/aromatic N) is 2. The molecule has 1 unspecified atom stereocenters. The Kier molecular flexibility index (Phi) is 5.67. The van der Waals surface area contributed by atoms with Gasteiger partial charge in [0.05, 0.1) is 20.3 Å². The molecule has 0 amide bonds. The standard InChI is InChI=1S/C19H25N3O2/c1-23-16-4-5-17(18(14-16)24-2)19(15-6-9-21-10-7-15)22-12-3-8-20-11-13-22/h4-7,9-10,14,19-20H,3,8,11-13H2,1-2H3. The highest BCUT2D eigenvalue weighted by Crippen LogP contribution is 2.36. The number of methoxy groups -OCH3 is 2. The molecule has 0 bridgehead atoms. The zero-order valence-electron chi connectivity index (χ0n) is 14.4. The zero-order valence-corrected chi connectivity index (χ0v) is 14.4. The average molecular weight is 327 g/mol. The van der Waals surface area contributed by atoms with Gasteiger partial charge in [-0.25, -0.2) is 0 Å². The molecule has 3 rings (SSSR count). The number of nitrogens with one attached hydrogen (secondary N) is 1. The Morgan fingerprint density at radius 2 is 1.88 bits per heavy atom. The van der Waals surface area contributed by atoms with Crippen molar-refractivity contribution in [2.24, 2.45) is 0 Å². The molecule has 1 aliphatic rings. The SMILES string of the molecule is COc1ccc(C(c2ccncc2)N2CCCNCC2)c(OC)c1. The molecule has 0 saturated carbocycles. The van der Waals surface area contributed by atoms with Crippen molar-refractivity contribution < 1.29 is 9.47 Å². The Hall–Kier alpha value is -2.11. The lowest BCUT2D eigenvalue weighted by Crippen LogP contribution is -2.33. The molecule has 1 saturated heterocycles. The van der Waals surface area contributed by atoms with Crippen molar-refractivity contribution in [3.63, 3.8) is 0 Å². The molecule has 5 heteroatoms.